The van der Waals surface area contributed by atoms with E-state index in [2.05, 4.69) is 41.7 Å². The Bertz CT molecular complexity index is 665. The maximum atomic E-state index is 11.4. The Hall–Kier alpha value is -2.03. The Morgan fingerprint density at radius 1 is 1.29 bits per heavy atom. The molecule has 3 rings (SSSR count). The minimum atomic E-state index is 0.130. The predicted molar refractivity (Wildman–Crippen MR) is 84.6 cm³/mol. The van der Waals surface area contributed by atoms with E-state index in [9.17, 15) is 4.79 Å². The van der Waals surface area contributed by atoms with Crippen molar-refractivity contribution in [1.82, 2.24) is 5.32 Å². The maximum Gasteiger partial charge on any atom is 0.219 e. The van der Waals surface area contributed by atoms with Crippen LogP contribution in [-0.4, -0.2) is 19.6 Å². The molecule has 1 aliphatic rings. The van der Waals surface area contributed by atoms with Crippen LogP contribution in [-0.2, 0) is 4.79 Å². The predicted octanol–water partition coefficient (Wildman–Crippen LogP) is 3.48. The van der Waals surface area contributed by atoms with E-state index in [1.165, 1.54) is 16.3 Å². The van der Waals surface area contributed by atoms with Gasteiger partial charge in [-0.1, -0.05) is 37.3 Å². The molecule has 0 radical (unpaired) electrons. The van der Waals surface area contributed by atoms with Gasteiger partial charge in [0.15, 0.2) is 0 Å². The first kappa shape index (κ1) is 13.9. The number of hydrogen-bond acceptors (Lipinski definition) is 2. The Labute approximate surface area is 125 Å². The number of fused-ring (bicyclic) bond motifs is 1. The van der Waals surface area contributed by atoms with Crippen LogP contribution in [0.25, 0.3) is 10.8 Å². The number of rotatable bonds is 5. The van der Waals surface area contributed by atoms with Crippen molar-refractivity contribution in [2.45, 2.75) is 25.7 Å². The lowest BCUT2D eigenvalue weighted by Gasteiger charge is -2.12. The summed E-state index contributed by atoms with van der Waals surface area (Å²) in [6.07, 6.45) is 1.67. The molecule has 0 saturated heterocycles. The van der Waals surface area contributed by atoms with Crippen molar-refractivity contribution < 1.29 is 9.53 Å². The zero-order chi connectivity index (χ0) is 14.8. The van der Waals surface area contributed by atoms with E-state index in [0.717, 1.165) is 18.7 Å². The molecule has 1 amide bonds. The minimum Gasteiger partial charge on any atom is -0.496 e. The smallest absolute Gasteiger partial charge is 0.219 e. The van der Waals surface area contributed by atoms with E-state index >= 15 is 0 Å². The zero-order valence-electron chi connectivity index (χ0n) is 12.6. The lowest BCUT2D eigenvalue weighted by atomic mass is 9.99. The van der Waals surface area contributed by atoms with E-state index in [1.807, 2.05) is 6.92 Å². The summed E-state index contributed by atoms with van der Waals surface area (Å²) in [6.45, 7) is 2.65. The van der Waals surface area contributed by atoms with Gasteiger partial charge in [-0.25, -0.2) is 0 Å². The third kappa shape index (κ3) is 2.73. The SMILES string of the molecule is CCC(=O)NC[C@@H]1C[C@H]1c1c(OC)ccc2ccccc12. The second-order valence-electron chi connectivity index (χ2n) is 5.66. The Balaban J connectivity index is 1.85. The lowest BCUT2D eigenvalue weighted by molar-refractivity contribution is -0.120. The normalized spacial score (nSPS) is 20.3. The summed E-state index contributed by atoms with van der Waals surface area (Å²) in [5.74, 6) is 2.11. The number of carbonyl (C=O) groups is 1. The molecule has 0 aliphatic heterocycles. The Morgan fingerprint density at radius 3 is 2.86 bits per heavy atom. The van der Waals surface area contributed by atoms with Crippen molar-refractivity contribution in [2.75, 3.05) is 13.7 Å². The molecule has 1 fully saturated rings. The van der Waals surface area contributed by atoms with E-state index in [1.54, 1.807) is 7.11 Å². The van der Waals surface area contributed by atoms with E-state index in [4.69, 9.17) is 4.74 Å². The quantitative estimate of drug-likeness (QED) is 0.912. The fraction of sp³-hybridized carbons (Fsp3) is 0.389. The molecule has 1 aliphatic carbocycles. The van der Waals surface area contributed by atoms with Gasteiger partial charge in [0.25, 0.3) is 0 Å². The summed E-state index contributed by atoms with van der Waals surface area (Å²) in [5, 5.41) is 5.52. The largest absolute Gasteiger partial charge is 0.496 e. The first-order chi connectivity index (χ1) is 10.2. The van der Waals surface area contributed by atoms with Crippen LogP contribution in [0.15, 0.2) is 36.4 Å². The molecule has 1 saturated carbocycles. The zero-order valence-corrected chi connectivity index (χ0v) is 12.6. The number of methoxy groups -OCH3 is 1. The van der Waals surface area contributed by atoms with Gasteiger partial charge >= 0.3 is 0 Å². The first-order valence-electron chi connectivity index (χ1n) is 7.57. The molecule has 1 N–H and O–H groups in total. The van der Waals surface area contributed by atoms with Gasteiger partial charge in [0.1, 0.15) is 5.75 Å². The molecule has 2 atom stereocenters. The van der Waals surface area contributed by atoms with Crippen LogP contribution in [0.1, 0.15) is 31.2 Å². The second kappa shape index (κ2) is 5.76. The highest BCUT2D eigenvalue weighted by Gasteiger charge is 2.40. The summed E-state index contributed by atoms with van der Waals surface area (Å²) in [6, 6.07) is 12.6. The van der Waals surface area contributed by atoms with Crippen LogP contribution < -0.4 is 10.1 Å². The monoisotopic (exact) mass is 283 g/mol. The fourth-order valence-electron chi connectivity index (χ4n) is 3.03. The molecule has 3 nitrogen and oxygen atoms in total. The van der Waals surface area contributed by atoms with E-state index < -0.39 is 0 Å². The second-order valence-corrected chi connectivity index (χ2v) is 5.66. The van der Waals surface area contributed by atoms with Crippen LogP contribution in [0, 0.1) is 5.92 Å². The topological polar surface area (TPSA) is 38.3 Å². The van der Waals surface area contributed by atoms with Gasteiger partial charge in [0.05, 0.1) is 7.11 Å². The number of hydrogen-bond donors (Lipinski definition) is 1. The molecule has 0 heterocycles. The molecule has 3 heteroatoms. The maximum absolute atomic E-state index is 11.4. The summed E-state index contributed by atoms with van der Waals surface area (Å²) in [7, 11) is 1.73. The average Bonchev–Trinajstić information content (AvgIpc) is 3.30. The van der Waals surface area contributed by atoms with Crippen molar-refractivity contribution in [1.29, 1.82) is 0 Å². The van der Waals surface area contributed by atoms with Crippen molar-refractivity contribution in [2.24, 2.45) is 5.92 Å². The van der Waals surface area contributed by atoms with Gasteiger partial charge in [-0.3, -0.25) is 4.79 Å². The molecule has 0 aromatic heterocycles. The van der Waals surface area contributed by atoms with Crippen LogP contribution in [0.4, 0.5) is 0 Å². The van der Waals surface area contributed by atoms with Gasteiger partial charge in [-0.2, -0.15) is 0 Å². The Morgan fingerprint density at radius 2 is 2.10 bits per heavy atom. The Kier molecular flexibility index (Phi) is 3.82. The summed E-state index contributed by atoms with van der Waals surface area (Å²) in [4.78, 5) is 11.4. The molecule has 0 unspecified atom stereocenters. The first-order valence-corrected chi connectivity index (χ1v) is 7.57. The fourth-order valence-corrected chi connectivity index (χ4v) is 3.03. The van der Waals surface area contributed by atoms with Crippen LogP contribution >= 0.6 is 0 Å². The molecule has 2 aromatic carbocycles. The van der Waals surface area contributed by atoms with Gasteiger partial charge in [-0.05, 0) is 35.1 Å². The van der Waals surface area contributed by atoms with Gasteiger partial charge < -0.3 is 10.1 Å². The van der Waals surface area contributed by atoms with E-state index in [0.29, 0.717) is 18.3 Å². The van der Waals surface area contributed by atoms with Gasteiger partial charge in [0, 0.05) is 18.5 Å². The van der Waals surface area contributed by atoms with Crippen LogP contribution in [0.3, 0.4) is 0 Å². The summed E-state index contributed by atoms with van der Waals surface area (Å²) in [5.41, 5.74) is 1.30. The highest BCUT2D eigenvalue weighted by atomic mass is 16.5. The third-order valence-corrected chi connectivity index (χ3v) is 4.33. The number of ether oxygens (including phenoxy) is 1. The molecule has 0 spiro atoms. The van der Waals surface area contributed by atoms with Gasteiger partial charge in [-0.15, -0.1) is 0 Å². The molecule has 21 heavy (non-hydrogen) atoms. The summed E-state index contributed by atoms with van der Waals surface area (Å²) < 4.78 is 5.56. The van der Waals surface area contributed by atoms with Crippen molar-refractivity contribution in [3.05, 3.63) is 42.0 Å². The molecule has 110 valence electrons. The third-order valence-electron chi connectivity index (χ3n) is 4.33. The summed E-state index contributed by atoms with van der Waals surface area (Å²) >= 11 is 0. The lowest BCUT2D eigenvalue weighted by Crippen LogP contribution is -2.24. The number of nitrogens with one attached hydrogen (secondary N) is 1. The number of amides is 1. The average molecular weight is 283 g/mol. The molecular formula is C18H21NO2. The number of carbonyl (C=O) groups excluding carboxylic acids is 1. The standard InChI is InChI=1S/C18H21NO2/c1-3-17(20)19-11-13-10-15(13)18-14-7-5-4-6-12(14)8-9-16(18)21-2/h4-9,13,15H,3,10-11H2,1-2H3,(H,19,20)/t13-,15+/m0/s1. The van der Waals surface area contributed by atoms with Crippen molar-refractivity contribution in [3.8, 4) is 5.75 Å². The number of benzene rings is 2. The molecular weight excluding hydrogens is 262 g/mol. The minimum absolute atomic E-state index is 0.130. The molecule has 2 aromatic rings. The van der Waals surface area contributed by atoms with E-state index in [-0.39, 0.29) is 5.91 Å². The van der Waals surface area contributed by atoms with Crippen molar-refractivity contribution in [3.63, 3.8) is 0 Å². The van der Waals surface area contributed by atoms with Crippen molar-refractivity contribution >= 4 is 16.7 Å². The van der Waals surface area contributed by atoms with Crippen LogP contribution in [0.5, 0.6) is 5.75 Å². The van der Waals surface area contributed by atoms with Gasteiger partial charge in [0.2, 0.25) is 5.91 Å². The van der Waals surface area contributed by atoms with Crippen LogP contribution in [0.2, 0.25) is 0 Å². The highest BCUT2D eigenvalue weighted by molar-refractivity contribution is 5.88. The highest BCUT2D eigenvalue weighted by Crippen LogP contribution is 2.52. The molecule has 0 bridgehead atoms.